The number of carboxylic acids is 1. The maximum absolute atomic E-state index is 13.5. The molecule has 8 heteroatoms. The minimum absolute atomic E-state index is 0.0352. The van der Waals surface area contributed by atoms with Gasteiger partial charge in [-0.25, -0.2) is 0 Å². The summed E-state index contributed by atoms with van der Waals surface area (Å²) < 4.78 is 1.64. The summed E-state index contributed by atoms with van der Waals surface area (Å²) in [5.74, 6) is -2.96. The topological polar surface area (TPSA) is 113 Å². The molecular weight excluding hydrogens is 422 g/mol. The number of pyridine rings is 2. The molecule has 0 spiro atoms. The van der Waals surface area contributed by atoms with E-state index in [9.17, 15) is 24.6 Å². The van der Waals surface area contributed by atoms with E-state index >= 15 is 0 Å². The Morgan fingerprint density at radius 1 is 1.15 bits per heavy atom. The number of allylic oxidation sites excluding steroid dienone is 2. The molecule has 0 aromatic carbocycles. The third-order valence-electron chi connectivity index (χ3n) is 7.31. The number of fused-ring (bicyclic) bond motifs is 4. The zero-order valence-corrected chi connectivity index (χ0v) is 18.3. The monoisotopic (exact) mass is 449 g/mol. The van der Waals surface area contributed by atoms with Gasteiger partial charge in [0.15, 0.2) is 0 Å². The van der Waals surface area contributed by atoms with Crippen LogP contribution < -0.4 is 5.56 Å². The second kappa shape index (κ2) is 8.59. The molecule has 3 aliphatic rings. The molecule has 2 N–H and O–H groups in total. The predicted molar refractivity (Wildman–Crippen MR) is 120 cm³/mol. The lowest BCUT2D eigenvalue weighted by Crippen LogP contribution is -2.50. The Morgan fingerprint density at radius 3 is 2.67 bits per heavy atom. The first-order chi connectivity index (χ1) is 16.0. The number of hydrogen-bond acceptors (Lipinski definition) is 5. The molecule has 4 atom stereocenters. The first-order valence-corrected chi connectivity index (χ1v) is 11.5. The average Bonchev–Trinajstić information content (AvgIpc) is 3.08. The van der Waals surface area contributed by atoms with Crippen LogP contribution in [0.5, 0.6) is 0 Å². The van der Waals surface area contributed by atoms with E-state index in [1.165, 1.54) is 0 Å². The highest BCUT2D eigenvalue weighted by atomic mass is 16.4. The number of amides is 1. The molecule has 0 saturated carbocycles. The number of aromatic nitrogens is 2. The van der Waals surface area contributed by atoms with Crippen molar-refractivity contribution in [2.75, 3.05) is 6.61 Å². The van der Waals surface area contributed by atoms with Gasteiger partial charge in [0.1, 0.15) is 0 Å². The number of aliphatic hydroxyl groups is 1. The molecular formula is C25H27N3O5. The number of hydrogen-bond donors (Lipinski definition) is 2. The minimum Gasteiger partial charge on any atom is -0.481 e. The Balaban J connectivity index is 1.58. The molecule has 2 aromatic heterocycles. The average molecular weight is 450 g/mol. The Hall–Kier alpha value is -3.26. The quantitative estimate of drug-likeness (QED) is 0.722. The molecule has 4 heterocycles. The van der Waals surface area contributed by atoms with Crippen molar-refractivity contribution >= 4 is 17.4 Å². The zero-order chi connectivity index (χ0) is 23.1. The van der Waals surface area contributed by atoms with E-state index in [-0.39, 0.29) is 31.0 Å². The standard InChI is InChI=1S/C25H27N3O5/c29-14-18-20-13-27-19(10-9-17(24(27)31)15-6-2-1-3-7-15)23(22(18)25(32)33)28(20)21(30)12-16-8-4-5-11-26-16/h4-6,8-11,18,20,22-23,29H,1-3,7,12-14H2,(H,32,33)/t18-,20-,22+,23+/m1/s1. The molecule has 1 amide bonds. The molecule has 1 saturated heterocycles. The summed E-state index contributed by atoms with van der Waals surface area (Å²) in [4.78, 5) is 45.0. The summed E-state index contributed by atoms with van der Waals surface area (Å²) in [5.41, 5.74) is 2.66. The molecule has 8 nitrogen and oxygen atoms in total. The fourth-order valence-electron chi connectivity index (χ4n) is 5.80. The van der Waals surface area contributed by atoms with Crippen LogP contribution in [-0.4, -0.2) is 49.2 Å². The summed E-state index contributed by atoms with van der Waals surface area (Å²) in [7, 11) is 0. The summed E-state index contributed by atoms with van der Waals surface area (Å²) in [5, 5.41) is 20.2. The van der Waals surface area contributed by atoms with Crippen LogP contribution in [0.15, 0.2) is 47.4 Å². The fraction of sp³-hybridized carbons (Fsp3) is 0.440. The van der Waals surface area contributed by atoms with Crippen LogP contribution >= 0.6 is 0 Å². The Bertz CT molecular complexity index is 1170. The van der Waals surface area contributed by atoms with Crippen molar-refractivity contribution < 1.29 is 19.8 Å². The van der Waals surface area contributed by atoms with Gasteiger partial charge in [-0.05, 0) is 55.5 Å². The number of nitrogens with zero attached hydrogens (tertiary/aromatic N) is 3. The number of carbonyl (C=O) groups excluding carboxylic acids is 1. The molecule has 0 radical (unpaired) electrons. The number of aliphatic hydroxyl groups excluding tert-OH is 1. The second-order valence-electron chi connectivity index (χ2n) is 9.08. The summed E-state index contributed by atoms with van der Waals surface area (Å²) in [6, 6.07) is 7.51. The molecule has 172 valence electrons. The molecule has 2 aromatic rings. The van der Waals surface area contributed by atoms with Gasteiger partial charge in [-0.15, -0.1) is 0 Å². The van der Waals surface area contributed by atoms with Crippen LogP contribution in [0.1, 0.15) is 48.7 Å². The van der Waals surface area contributed by atoms with Gasteiger partial charge < -0.3 is 19.7 Å². The number of carboxylic acid groups (broad SMARTS) is 1. The van der Waals surface area contributed by atoms with Gasteiger partial charge in [0.05, 0.1) is 24.4 Å². The van der Waals surface area contributed by atoms with Gasteiger partial charge in [-0.3, -0.25) is 19.4 Å². The van der Waals surface area contributed by atoms with Crippen molar-refractivity contribution in [1.29, 1.82) is 0 Å². The van der Waals surface area contributed by atoms with Crippen LogP contribution in [0.4, 0.5) is 0 Å². The van der Waals surface area contributed by atoms with Crippen molar-refractivity contribution in [3.05, 3.63) is 69.9 Å². The number of aliphatic carboxylic acids is 1. The van der Waals surface area contributed by atoms with Crippen molar-refractivity contribution in [1.82, 2.24) is 14.5 Å². The Morgan fingerprint density at radius 2 is 2.00 bits per heavy atom. The third kappa shape index (κ3) is 3.58. The number of rotatable bonds is 5. The smallest absolute Gasteiger partial charge is 0.309 e. The fourth-order valence-corrected chi connectivity index (χ4v) is 5.80. The van der Waals surface area contributed by atoms with Crippen LogP contribution in [0.2, 0.25) is 0 Å². The molecule has 2 aliphatic heterocycles. The SMILES string of the molecule is O=C(O)[C@H]1[C@H](CO)[C@H]2Cn3c(ccc(C4=CCCCC4)c3=O)[C@@H]1N2C(=O)Cc1ccccn1. The van der Waals surface area contributed by atoms with E-state index in [2.05, 4.69) is 11.1 Å². The van der Waals surface area contributed by atoms with E-state index < -0.39 is 29.9 Å². The second-order valence-corrected chi connectivity index (χ2v) is 9.08. The largest absolute Gasteiger partial charge is 0.481 e. The van der Waals surface area contributed by atoms with Crippen LogP contribution in [0.3, 0.4) is 0 Å². The molecule has 2 bridgehead atoms. The summed E-state index contributed by atoms with van der Waals surface area (Å²) in [6.45, 7) is -0.193. The van der Waals surface area contributed by atoms with Gasteiger partial charge in [-0.2, -0.15) is 0 Å². The number of carbonyl (C=O) groups is 2. The van der Waals surface area contributed by atoms with Gasteiger partial charge in [0.25, 0.3) is 5.56 Å². The van der Waals surface area contributed by atoms with E-state index in [0.29, 0.717) is 17.0 Å². The van der Waals surface area contributed by atoms with Crippen molar-refractivity contribution in [3.63, 3.8) is 0 Å². The van der Waals surface area contributed by atoms with Gasteiger partial charge >= 0.3 is 5.97 Å². The maximum Gasteiger partial charge on any atom is 0.309 e. The third-order valence-corrected chi connectivity index (χ3v) is 7.31. The summed E-state index contributed by atoms with van der Waals surface area (Å²) >= 11 is 0. The minimum atomic E-state index is -1.07. The molecule has 0 unspecified atom stereocenters. The molecule has 33 heavy (non-hydrogen) atoms. The van der Waals surface area contributed by atoms with E-state index in [4.69, 9.17) is 0 Å². The highest BCUT2D eigenvalue weighted by Gasteiger charge is 2.57. The maximum atomic E-state index is 13.5. The molecule has 1 aliphatic carbocycles. The predicted octanol–water partition coefficient (Wildman–Crippen LogP) is 2.02. The van der Waals surface area contributed by atoms with Crippen molar-refractivity contribution in [2.45, 2.75) is 50.7 Å². The van der Waals surface area contributed by atoms with E-state index in [1.54, 1.807) is 46.0 Å². The van der Waals surface area contributed by atoms with Crippen molar-refractivity contribution in [2.24, 2.45) is 11.8 Å². The Kier molecular flexibility index (Phi) is 5.62. The lowest BCUT2D eigenvalue weighted by molar-refractivity contribution is -0.145. The van der Waals surface area contributed by atoms with E-state index in [1.807, 2.05) is 0 Å². The normalized spacial score (nSPS) is 26.0. The zero-order valence-electron chi connectivity index (χ0n) is 18.3. The molecule has 5 rings (SSSR count). The van der Waals surface area contributed by atoms with Crippen LogP contribution in [0.25, 0.3) is 5.57 Å². The lowest BCUT2D eigenvalue weighted by Gasteiger charge is -2.38. The highest BCUT2D eigenvalue weighted by Crippen LogP contribution is 2.48. The lowest BCUT2D eigenvalue weighted by atomic mass is 9.87. The van der Waals surface area contributed by atoms with E-state index in [0.717, 1.165) is 31.3 Å². The van der Waals surface area contributed by atoms with Gasteiger partial charge in [0, 0.05) is 42.2 Å². The van der Waals surface area contributed by atoms with Gasteiger partial charge in [0.2, 0.25) is 5.91 Å². The first-order valence-electron chi connectivity index (χ1n) is 11.5. The molecule has 1 fully saturated rings. The van der Waals surface area contributed by atoms with Crippen LogP contribution in [-0.2, 0) is 22.6 Å². The first kappa shape index (κ1) is 21.6. The summed E-state index contributed by atoms with van der Waals surface area (Å²) in [6.07, 6.45) is 7.73. The van der Waals surface area contributed by atoms with Crippen molar-refractivity contribution in [3.8, 4) is 0 Å². The highest BCUT2D eigenvalue weighted by molar-refractivity contribution is 5.82. The Labute approximate surface area is 191 Å². The van der Waals surface area contributed by atoms with Crippen LogP contribution in [0, 0.1) is 11.8 Å². The van der Waals surface area contributed by atoms with Gasteiger partial charge in [-0.1, -0.05) is 12.1 Å².